The topological polar surface area (TPSA) is 69.7 Å². The number of carbonyl (C=O) groups is 3. The zero-order chi connectivity index (χ0) is 13.8. The highest BCUT2D eigenvalue weighted by atomic mass is 16.2. The molecule has 0 aromatic carbocycles. The molecule has 2 aliphatic rings. The van der Waals surface area contributed by atoms with Crippen LogP contribution in [0.5, 0.6) is 0 Å². The normalized spacial score (nSPS) is 24.4. The Balaban J connectivity index is 1.90. The molecule has 2 aliphatic heterocycles. The molecule has 0 aromatic rings. The number of carbonyl (C=O) groups excluding carboxylic acids is 3. The molecule has 6 nitrogen and oxygen atoms in total. The van der Waals surface area contributed by atoms with Crippen LogP contribution in [0, 0.1) is 5.92 Å². The molecule has 0 radical (unpaired) electrons. The second kappa shape index (κ2) is 6.04. The van der Waals surface area contributed by atoms with E-state index in [0.717, 1.165) is 32.2 Å². The number of hydrogen-bond acceptors (Lipinski definition) is 3. The highest BCUT2D eigenvalue weighted by Crippen LogP contribution is 2.24. The van der Waals surface area contributed by atoms with Gasteiger partial charge in [0.2, 0.25) is 18.2 Å². The lowest BCUT2D eigenvalue weighted by molar-refractivity contribution is -0.141. The van der Waals surface area contributed by atoms with Crippen molar-refractivity contribution in [3.05, 3.63) is 0 Å². The van der Waals surface area contributed by atoms with Gasteiger partial charge in [-0.3, -0.25) is 14.4 Å². The fourth-order valence-electron chi connectivity index (χ4n) is 2.96. The summed E-state index contributed by atoms with van der Waals surface area (Å²) in [6.45, 7) is 3.60. The highest BCUT2D eigenvalue weighted by molar-refractivity contribution is 5.80. The van der Waals surface area contributed by atoms with Gasteiger partial charge in [-0.05, 0) is 25.7 Å². The van der Waals surface area contributed by atoms with E-state index in [1.165, 1.54) is 0 Å². The molecule has 2 fully saturated rings. The zero-order valence-corrected chi connectivity index (χ0v) is 11.3. The molecule has 0 aliphatic carbocycles. The molecule has 19 heavy (non-hydrogen) atoms. The molecule has 0 bridgehead atoms. The summed E-state index contributed by atoms with van der Waals surface area (Å²) in [5.74, 6) is 0.192. The van der Waals surface area contributed by atoms with E-state index in [9.17, 15) is 14.4 Å². The highest BCUT2D eigenvalue weighted by Gasteiger charge is 2.34. The quantitative estimate of drug-likeness (QED) is 0.728. The molecular formula is C13H21N3O3. The van der Waals surface area contributed by atoms with Gasteiger partial charge in [-0.1, -0.05) is 0 Å². The molecule has 2 rings (SSSR count). The van der Waals surface area contributed by atoms with Crippen LogP contribution in [-0.2, 0) is 14.4 Å². The smallest absolute Gasteiger partial charge is 0.227 e. The molecule has 1 unspecified atom stereocenters. The molecule has 0 aromatic heterocycles. The number of amides is 3. The number of rotatable bonds is 3. The van der Waals surface area contributed by atoms with Crippen molar-refractivity contribution in [2.24, 2.45) is 5.92 Å². The van der Waals surface area contributed by atoms with Crippen molar-refractivity contribution in [2.45, 2.75) is 38.8 Å². The van der Waals surface area contributed by atoms with Crippen molar-refractivity contribution in [3.8, 4) is 0 Å². The Bertz CT molecular complexity index is 364. The van der Waals surface area contributed by atoms with Gasteiger partial charge < -0.3 is 15.1 Å². The van der Waals surface area contributed by atoms with Gasteiger partial charge in [0.25, 0.3) is 0 Å². The Labute approximate surface area is 113 Å². The Morgan fingerprint density at radius 3 is 2.42 bits per heavy atom. The Morgan fingerprint density at radius 2 is 1.84 bits per heavy atom. The average Bonchev–Trinajstić information content (AvgIpc) is 2.87. The first kappa shape index (κ1) is 13.8. The summed E-state index contributed by atoms with van der Waals surface area (Å²) in [6.07, 6.45) is 3.73. The average molecular weight is 267 g/mol. The zero-order valence-electron chi connectivity index (χ0n) is 11.3. The van der Waals surface area contributed by atoms with Crippen LogP contribution in [0.1, 0.15) is 32.6 Å². The predicted octanol–water partition coefficient (Wildman–Crippen LogP) is -0.0606. The molecule has 1 N–H and O–H groups in total. The minimum Gasteiger partial charge on any atom is -0.343 e. The molecule has 2 heterocycles. The Morgan fingerprint density at radius 1 is 1.16 bits per heavy atom. The van der Waals surface area contributed by atoms with E-state index in [2.05, 4.69) is 5.32 Å². The van der Waals surface area contributed by atoms with Crippen molar-refractivity contribution in [3.63, 3.8) is 0 Å². The van der Waals surface area contributed by atoms with Gasteiger partial charge in [-0.2, -0.15) is 0 Å². The first-order valence-corrected chi connectivity index (χ1v) is 6.89. The molecule has 6 heteroatoms. The molecule has 106 valence electrons. The summed E-state index contributed by atoms with van der Waals surface area (Å²) in [7, 11) is 0. The molecule has 1 atom stereocenters. The summed E-state index contributed by atoms with van der Waals surface area (Å²) >= 11 is 0. The summed E-state index contributed by atoms with van der Waals surface area (Å²) in [4.78, 5) is 37.8. The standard InChI is InChI=1S/C13H21N3O3/c1-10(18)15-7-4-11(5-8-15)13(19)16-6-2-3-12(16)14-9-17/h9,11-12H,2-8H2,1H3,(H,14,17). The van der Waals surface area contributed by atoms with Crippen LogP contribution in [0.15, 0.2) is 0 Å². The summed E-state index contributed by atoms with van der Waals surface area (Å²) in [6, 6.07) is 0. The predicted molar refractivity (Wildman–Crippen MR) is 68.9 cm³/mol. The number of nitrogens with zero attached hydrogens (tertiary/aromatic N) is 2. The fraction of sp³-hybridized carbons (Fsp3) is 0.769. The summed E-state index contributed by atoms with van der Waals surface area (Å²) < 4.78 is 0. The lowest BCUT2D eigenvalue weighted by atomic mass is 9.95. The van der Waals surface area contributed by atoms with Crippen molar-refractivity contribution in [2.75, 3.05) is 19.6 Å². The lowest BCUT2D eigenvalue weighted by Crippen LogP contribution is -2.49. The summed E-state index contributed by atoms with van der Waals surface area (Å²) in [5, 5.41) is 2.70. The molecule has 2 saturated heterocycles. The third kappa shape index (κ3) is 3.05. The molecule has 0 spiro atoms. The van der Waals surface area contributed by atoms with Crippen LogP contribution < -0.4 is 5.32 Å². The van der Waals surface area contributed by atoms with Gasteiger partial charge in [0.15, 0.2) is 0 Å². The van der Waals surface area contributed by atoms with Crippen molar-refractivity contribution in [1.29, 1.82) is 0 Å². The number of nitrogens with one attached hydrogen (secondary N) is 1. The first-order chi connectivity index (χ1) is 9.13. The van der Waals surface area contributed by atoms with E-state index >= 15 is 0 Å². The maximum absolute atomic E-state index is 12.4. The second-order valence-electron chi connectivity index (χ2n) is 5.25. The lowest BCUT2D eigenvalue weighted by Gasteiger charge is -2.34. The molecular weight excluding hydrogens is 246 g/mol. The van der Waals surface area contributed by atoms with Gasteiger partial charge in [-0.25, -0.2) is 0 Å². The van der Waals surface area contributed by atoms with Gasteiger partial charge >= 0.3 is 0 Å². The molecule has 0 saturated carbocycles. The van der Waals surface area contributed by atoms with Gasteiger partial charge in [0.1, 0.15) is 6.17 Å². The van der Waals surface area contributed by atoms with Crippen LogP contribution in [0.25, 0.3) is 0 Å². The van der Waals surface area contributed by atoms with E-state index < -0.39 is 0 Å². The van der Waals surface area contributed by atoms with Gasteiger partial charge in [0.05, 0.1) is 0 Å². The van der Waals surface area contributed by atoms with Crippen LogP contribution >= 0.6 is 0 Å². The second-order valence-corrected chi connectivity index (χ2v) is 5.25. The third-order valence-corrected chi connectivity index (χ3v) is 4.09. The minimum absolute atomic E-state index is 0.00958. The minimum atomic E-state index is -0.143. The Kier molecular flexibility index (Phi) is 4.39. The number of likely N-dealkylation sites (tertiary alicyclic amines) is 2. The largest absolute Gasteiger partial charge is 0.343 e. The summed E-state index contributed by atoms with van der Waals surface area (Å²) in [5.41, 5.74) is 0. The van der Waals surface area contributed by atoms with Crippen molar-refractivity contribution in [1.82, 2.24) is 15.1 Å². The van der Waals surface area contributed by atoms with Crippen LogP contribution in [0.4, 0.5) is 0 Å². The SMILES string of the molecule is CC(=O)N1CCC(C(=O)N2CCCC2NC=O)CC1. The van der Waals surface area contributed by atoms with Crippen molar-refractivity contribution < 1.29 is 14.4 Å². The maximum atomic E-state index is 12.4. The maximum Gasteiger partial charge on any atom is 0.227 e. The van der Waals surface area contributed by atoms with E-state index in [0.29, 0.717) is 19.5 Å². The monoisotopic (exact) mass is 267 g/mol. The van der Waals surface area contributed by atoms with E-state index in [4.69, 9.17) is 0 Å². The molecule has 3 amide bonds. The van der Waals surface area contributed by atoms with Crippen LogP contribution in [0.3, 0.4) is 0 Å². The van der Waals surface area contributed by atoms with Gasteiger partial charge in [0, 0.05) is 32.5 Å². The van der Waals surface area contributed by atoms with Gasteiger partial charge in [-0.15, -0.1) is 0 Å². The Hall–Kier alpha value is -1.59. The van der Waals surface area contributed by atoms with Crippen molar-refractivity contribution >= 4 is 18.2 Å². The number of piperidine rings is 1. The third-order valence-electron chi connectivity index (χ3n) is 4.09. The van der Waals surface area contributed by atoms with E-state index in [-0.39, 0.29) is 23.9 Å². The first-order valence-electron chi connectivity index (χ1n) is 6.89. The number of hydrogen-bond donors (Lipinski definition) is 1. The van der Waals surface area contributed by atoms with Crippen LogP contribution in [0.2, 0.25) is 0 Å². The van der Waals surface area contributed by atoms with Crippen LogP contribution in [-0.4, -0.2) is 53.8 Å². The van der Waals surface area contributed by atoms with E-state index in [1.807, 2.05) is 0 Å². The van der Waals surface area contributed by atoms with E-state index in [1.54, 1.807) is 16.7 Å². The fourth-order valence-corrected chi connectivity index (χ4v) is 2.96.